The molecule has 0 atom stereocenters. The summed E-state index contributed by atoms with van der Waals surface area (Å²) >= 11 is 0. The summed E-state index contributed by atoms with van der Waals surface area (Å²) in [6, 6.07) is 10.7. The number of alkyl carbamates (subject to hydrolysis) is 1. The fraction of sp³-hybridized carbons (Fsp3) is 0.176. The lowest BCUT2D eigenvalue weighted by atomic mass is 10.2. The number of pyridine rings is 1. The lowest BCUT2D eigenvalue weighted by Gasteiger charge is -2.06. The maximum atomic E-state index is 13.0. The van der Waals surface area contributed by atoms with Crippen LogP contribution in [0.15, 0.2) is 48.7 Å². The Bertz CT molecular complexity index is 675. The van der Waals surface area contributed by atoms with Crippen molar-refractivity contribution in [3.63, 3.8) is 0 Å². The van der Waals surface area contributed by atoms with Crippen LogP contribution in [0.3, 0.4) is 0 Å². The topological polar surface area (TPSA) is 77.2 Å². The van der Waals surface area contributed by atoms with Gasteiger partial charge in [-0.05, 0) is 18.1 Å². The molecule has 0 aliphatic rings. The number of rotatable bonds is 6. The van der Waals surface area contributed by atoms with Crippen molar-refractivity contribution in [2.75, 3.05) is 12.3 Å². The van der Waals surface area contributed by atoms with Crippen LogP contribution < -0.4 is 11.1 Å². The number of anilines is 1. The molecule has 0 bridgehead atoms. The number of nitrogens with two attached hydrogens (primary N) is 1. The number of nitrogens with zero attached hydrogens (tertiary/aromatic N) is 1. The molecule has 0 aliphatic carbocycles. The Labute approximate surface area is 134 Å². The summed E-state index contributed by atoms with van der Waals surface area (Å²) in [5, 5.41) is 2.63. The molecule has 1 amide bonds. The molecule has 1 aromatic heterocycles. The highest BCUT2D eigenvalue weighted by molar-refractivity contribution is 5.67. The molecule has 5 nitrogen and oxygen atoms in total. The fourth-order valence-electron chi connectivity index (χ4n) is 1.84. The maximum Gasteiger partial charge on any atom is 0.407 e. The Kier molecular flexibility index (Phi) is 6.11. The molecule has 0 saturated heterocycles. The molecule has 2 aromatic rings. The monoisotopic (exact) mass is 315 g/mol. The largest absolute Gasteiger partial charge is 0.445 e. The molecular weight excluding hydrogens is 297 g/mol. The van der Waals surface area contributed by atoms with Crippen LogP contribution in [0.4, 0.5) is 15.0 Å². The fourth-order valence-corrected chi connectivity index (χ4v) is 1.84. The van der Waals surface area contributed by atoms with Gasteiger partial charge in [-0.2, -0.15) is 0 Å². The van der Waals surface area contributed by atoms with Crippen molar-refractivity contribution in [2.24, 2.45) is 0 Å². The van der Waals surface area contributed by atoms with E-state index in [2.05, 4.69) is 10.3 Å². The van der Waals surface area contributed by atoms with Crippen LogP contribution >= 0.6 is 0 Å². The van der Waals surface area contributed by atoms with Gasteiger partial charge in [0.25, 0.3) is 0 Å². The minimum absolute atomic E-state index is 0.230. The van der Waals surface area contributed by atoms with Gasteiger partial charge in [-0.25, -0.2) is 14.2 Å². The number of halogens is 1. The average Bonchev–Trinajstić information content (AvgIpc) is 2.56. The standard InChI is InChI=1S/C17H18FN3O2/c18-15-10-14(16(19)21-11-15)8-4-5-9-20-17(22)23-12-13-6-2-1-3-7-13/h1-4,6-8,10-11H,5,9,12H2,(H2,19,21)(H,20,22). The van der Waals surface area contributed by atoms with E-state index in [4.69, 9.17) is 10.5 Å². The predicted octanol–water partition coefficient (Wildman–Crippen LogP) is 3.13. The highest BCUT2D eigenvalue weighted by Gasteiger charge is 2.01. The summed E-state index contributed by atoms with van der Waals surface area (Å²) in [4.78, 5) is 15.2. The molecule has 2 rings (SSSR count). The van der Waals surface area contributed by atoms with E-state index in [1.807, 2.05) is 30.3 Å². The molecule has 0 fully saturated rings. The third-order valence-electron chi connectivity index (χ3n) is 3.01. The molecule has 120 valence electrons. The minimum Gasteiger partial charge on any atom is -0.445 e. The zero-order chi connectivity index (χ0) is 16.5. The summed E-state index contributed by atoms with van der Waals surface area (Å²) < 4.78 is 18.1. The Morgan fingerprint density at radius 2 is 2.13 bits per heavy atom. The first-order chi connectivity index (χ1) is 11.1. The number of carbonyl (C=O) groups is 1. The second-order valence-corrected chi connectivity index (χ2v) is 4.81. The number of ether oxygens (including phenoxy) is 1. The van der Waals surface area contributed by atoms with Crippen molar-refractivity contribution >= 4 is 18.0 Å². The van der Waals surface area contributed by atoms with Crippen LogP contribution in [0.25, 0.3) is 6.08 Å². The van der Waals surface area contributed by atoms with Crippen molar-refractivity contribution in [3.05, 3.63) is 65.6 Å². The molecule has 0 saturated carbocycles. The van der Waals surface area contributed by atoms with Gasteiger partial charge in [0, 0.05) is 12.1 Å². The number of benzene rings is 1. The summed E-state index contributed by atoms with van der Waals surface area (Å²) in [5.41, 5.74) is 7.07. The van der Waals surface area contributed by atoms with Gasteiger partial charge in [0.05, 0.1) is 6.20 Å². The average molecular weight is 315 g/mol. The molecule has 23 heavy (non-hydrogen) atoms. The number of hydrogen-bond donors (Lipinski definition) is 2. The van der Waals surface area contributed by atoms with Gasteiger partial charge in [-0.3, -0.25) is 0 Å². The number of nitrogen functional groups attached to an aromatic ring is 1. The van der Waals surface area contributed by atoms with Gasteiger partial charge < -0.3 is 15.8 Å². The normalized spacial score (nSPS) is 10.7. The molecule has 0 radical (unpaired) electrons. The quantitative estimate of drug-likeness (QED) is 0.803. The number of amides is 1. The van der Waals surface area contributed by atoms with Crippen molar-refractivity contribution in [1.29, 1.82) is 0 Å². The second-order valence-electron chi connectivity index (χ2n) is 4.81. The van der Waals surface area contributed by atoms with Gasteiger partial charge in [-0.15, -0.1) is 0 Å². The van der Waals surface area contributed by atoms with E-state index in [1.54, 1.807) is 12.2 Å². The van der Waals surface area contributed by atoms with Crippen molar-refractivity contribution in [1.82, 2.24) is 10.3 Å². The molecule has 0 aliphatic heterocycles. The zero-order valence-corrected chi connectivity index (χ0v) is 12.5. The van der Waals surface area contributed by atoms with Crippen LogP contribution in [0.1, 0.15) is 17.5 Å². The van der Waals surface area contributed by atoms with Crippen molar-refractivity contribution < 1.29 is 13.9 Å². The molecule has 6 heteroatoms. The Hall–Kier alpha value is -2.89. The molecule has 0 spiro atoms. The second kappa shape index (κ2) is 8.53. The molecule has 1 aromatic carbocycles. The van der Waals surface area contributed by atoms with Crippen LogP contribution in [0, 0.1) is 5.82 Å². The van der Waals surface area contributed by atoms with Crippen LogP contribution in [0.5, 0.6) is 0 Å². The van der Waals surface area contributed by atoms with E-state index in [1.165, 1.54) is 6.07 Å². The van der Waals surface area contributed by atoms with Gasteiger partial charge in [0.1, 0.15) is 18.2 Å². The number of hydrogen-bond acceptors (Lipinski definition) is 4. The van der Waals surface area contributed by atoms with E-state index in [0.717, 1.165) is 11.8 Å². The molecular formula is C17H18FN3O2. The third-order valence-corrected chi connectivity index (χ3v) is 3.01. The summed E-state index contributed by atoms with van der Waals surface area (Å²) in [6.45, 7) is 0.640. The highest BCUT2D eigenvalue weighted by Crippen LogP contribution is 2.11. The lowest BCUT2D eigenvalue weighted by molar-refractivity contribution is 0.140. The van der Waals surface area contributed by atoms with Gasteiger partial charge in [0.15, 0.2) is 0 Å². The Morgan fingerprint density at radius 3 is 2.91 bits per heavy atom. The maximum absolute atomic E-state index is 13.0. The predicted molar refractivity (Wildman–Crippen MR) is 86.9 cm³/mol. The van der Waals surface area contributed by atoms with Crippen LogP contribution in [0.2, 0.25) is 0 Å². The molecule has 0 unspecified atom stereocenters. The highest BCUT2D eigenvalue weighted by atomic mass is 19.1. The number of nitrogens with one attached hydrogen (secondary N) is 1. The zero-order valence-electron chi connectivity index (χ0n) is 12.5. The first kappa shape index (κ1) is 16.5. The van der Waals surface area contributed by atoms with Crippen LogP contribution in [-0.2, 0) is 11.3 Å². The molecule has 1 heterocycles. The lowest BCUT2D eigenvalue weighted by Crippen LogP contribution is -2.24. The number of carbonyl (C=O) groups excluding carboxylic acids is 1. The third kappa shape index (κ3) is 5.78. The van der Waals surface area contributed by atoms with E-state index >= 15 is 0 Å². The van der Waals surface area contributed by atoms with Gasteiger partial charge in [-0.1, -0.05) is 42.5 Å². The Morgan fingerprint density at radius 1 is 1.35 bits per heavy atom. The Balaban J connectivity index is 1.67. The van der Waals surface area contributed by atoms with E-state index in [9.17, 15) is 9.18 Å². The SMILES string of the molecule is Nc1ncc(F)cc1C=CCCNC(=O)OCc1ccccc1. The van der Waals surface area contributed by atoms with Crippen LogP contribution in [-0.4, -0.2) is 17.6 Å². The summed E-state index contributed by atoms with van der Waals surface area (Å²) in [6.07, 6.45) is 4.61. The van der Waals surface area contributed by atoms with E-state index in [-0.39, 0.29) is 12.4 Å². The van der Waals surface area contributed by atoms with E-state index < -0.39 is 11.9 Å². The number of aromatic nitrogens is 1. The smallest absolute Gasteiger partial charge is 0.407 e. The van der Waals surface area contributed by atoms with Gasteiger partial charge >= 0.3 is 6.09 Å². The van der Waals surface area contributed by atoms with E-state index in [0.29, 0.717) is 18.5 Å². The first-order valence-corrected chi connectivity index (χ1v) is 7.17. The minimum atomic E-state index is -0.478. The summed E-state index contributed by atoms with van der Waals surface area (Å²) in [7, 11) is 0. The van der Waals surface area contributed by atoms with Gasteiger partial charge in [0.2, 0.25) is 0 Å². The first-order valence-electron chi connectivity index (χ1n) is 7.17. The molecule has 3 N–H and O–H groups in total. The van der Waals surface area contributed by atoms with Crippen molar-refractivity contribution in [2.45, 2.75) is 13.0 Å². The summed E-state index contributed by atoms with van der Waals surface area (Å²) in [5.74, 6) is -0.181. The van der Waals surface area contributed by atoms with Crippen molar-refractivity contribution in [3.8, 4) is 0 Å².